The van der Waals surface area contributed by atoms with Crippen LogP contribution in [0, 0.1) is 11.8 Å². The van der Waals surface area contributed by atoms with Gasteiger partial charge in [-0.25, -0.2) is 4.79 Å². The second-order valence-corrected chi connectivity index (χ2v) is 10.4. The summed E-state index contributed by atoms with van der Waals surface area (Å²) >= 11 is 1.55. The Kier molecular flexibility index (Phi) is 5.43. The van der Waals surface area contributed by atoms with Crippen LogP contribution in [-0.4, -0.2) is 73.4 Å². The van der Waals surface area contributed by atoms with Crippen molar-refractivity contribution in [2.45, 2.75) is 82.5 Å². The van der Waals surface area contributed by atoms with Gasteiger partial charge in [0.15, 0.2) is 0 Å². The Morgan fingerprint density at radius 1 is 1.33 bits per heavy atom. The van der Waals surface area contributed by atoms with Crippen molar-refractivity contribution in [3.8, 4) is 0 Å². The molecular formula is C21H31N3O5S. The van der Waals surface area contributed by atoms with Gasteiger partial charge >= 0.3 is 5.97 Å². The number of hydrogen-bond donors (Lipinski definition) is 3. The summed E-state index contributed by atoms with van der Waals surface area (Å²) in [5.74, 6) is -1.98. The van der Waals surface area contributed by atoms with Gasteiger partial charge in [0.2, 0.25) is 11.8 Å². The summed E-state index contributed by atoms with van der Waals surface area (Å²) in [5, 5.41) is 23.2. The van der Waals surface area contributed by atoms with Gasteiger partial charge in [-0.15, -0.1) is 11.8 Å². The normalized spacial score (nSPS) is 36.3. The number of aliphatic carboxylic acids is 1. The van der Waals surface area contributed by atoms with E-state index in [1.807, 2.05) is 6.92 Å². The highest BCUT2D eigenvalue weighted by Crippen LogP contribution is 2.53. The fourth-order valence-corrected chi connectivity index (χ4v) is 7.53. The summed E-state index contributed by atoms with van der Waals surface area (Å²) < 4.78 is 0. The van der Waals surface area contributed by atoms with Gasteiger partial charge < -0.3 is 20.4 Å². The van der Waals surface area contributed by atoms with E-state index < -0.39 is 18.0 Å². The number of thioether (sulfide) groups is 1. The SMILES string of the molecule is CCC1(CC)NC(=O)C[C@@H]2CC(SC3=C(C(=O)O)N4C(=O)[C@H](C(C)O)[C@H]4[C@H]3C)CN21. The number of fused-ring (bicyclic) bond motifs is 2. The van der Waals surface area contributed by atoms with Crippen molar-refractivity contribution in [3.63, 3.8) is 0 Å². The highest BCUT2D eigenvalue weighted by Gasteiger charge is 2.60. The van der Waals surface area contributed by atoms with Crippen molar-refractivity contribution in [1.82, 2.24) is 15.1 Å². The monoisotopic (exact) mass is 437 g/mol. The van der Waals surface area contributed by atoms with Crippen molar-refractivity contribution in [2.75, 3.05) is 6.54 Å². The molecule has 0 spiro atoms. The van der Waals surface area contributed by atoms with E-state index in [9.17, 15) is 24.6 Å². The average molecular weight is 438 g/mol. The molecule has 0 aromatic carbocycles. The van der Waals surface area contributed by atoms with Crippen LogP contribution < -0.4 is 5.32 Å². The Morgan fingerprint density at radius 2 is 2.00 bits per heavy atom. The number of amides is 2. The first kappa shape index (κ1) is 21.6. The first-order chi connectivity index (χ1) is 14.1. The average Bonchev–Trinajstić information content (AvgIpc) is 3.18. The van der Waals surface area contributed by atoms with Gasteiger partial charge in [-0.1, -0.05) is 20.8 Å². The molecule has 8 nitrogen and oxygen atoms in total. The summed E-state index contributed by atoms with van der Waals surface area (Å²) in [5.41, 5.74) is -0.257. The Labute approximate surface area is 181 Å². The van der Waals surface area contributed by atoms with Crippen LogP contribution in [0.4, 0.5) is 0 Å². The molecule has 30 heavy (non-hydrogen) atoms. The zero-order chi connectivity index (χ0) is 22.0. The Balaban J connectivity index is 1.58. The highest BCUT2D eigenvalue weighted by atomic mass is 32.2. The number of rotatable bonds is 6. The molecule has 4 rings (SSSR count). The zero-order valence-electron chi connectivity index (χ0n) is 17.9. The topological polar surface area (TPSA) is 110 Å². The molecule has 6 atom stereocenters. The van der Waals surface area contributed by atoms with Crippen LogP contribution in [-0.2, 0) is 14.4 Å². The third kappa shape index (κ3) is 3.00. The molecule has 166 valence electrons. The molecule has 3 fully saturated rings. The van der Waals surface area contributed by atoms with E-state index in [2.05, 4.69) is 24.1 Å². The van der Waals surface area contributed by atoms with Crippen LogP contribution in [0.1, 0.15) is 53.4 Å². The van der Waals surface area contributed by atoms with E-state index >= 15 is 0 Å². The maximum Gasteiger partial charge on any atom is 0.353 e. The maximum atomic E-state index is 12.5. The fraction of sp³-hybridized carbons (Fsp3) is 0.762. The number of β-lactam (4-membered cyclic amide) rings is 1. The third-order valence-electron chi connectivity index (χ3n) is 7.49. The van der Waals surface area contributed by atoms with E-state index in [1.165, 1.54) is 4.90 Å². The summed E-state index contributed by atoms with van der Waals surface area (Å²) in [6, 6.07) is -0.130. The molecular weight excluding hydrogens is 406 g/mol. The quantitative estimate of drug-likeness (QED) is 0.538. The lowest BCUT2D eigenvalue weighted by atomic mass is 9.79. The lowest BCUT2D eigenvalue weighted by Gasteiger charge is -2.48. The standard InChI is InChI=1S/C21H31N3O5S/c1-5-21(6-2)22-14(26)8-12-7-13(9-23(12)21)30-18-10(3)16-15(11(4)25)19(27)24(16)17(18)20(28)29/h10-13,15-16,25H,5-9H2,1-4H3,(H,22,26)(H,28,29)/t10-,11?,12+,13?,15-,16-/m1/s1. The van der Waals surface area contributed by atoms with E-state index in [-0.39, 0.29) is 46.4 Å². The number of carboxylic acids is 1. The van der Waals surface area contributed by atoms with Gasteiger partial charge in [0.25, 0.3) is 0 Å². The molecule has 9 heteroatoms. The smallest absolute Gasteiger partial charge is 0.353 e. The van der Waals surface area contributed by atoms with Crippen LogP contribution in [0.15, 0.2) is 10.6 Å². The number of nitrogens with one attached hydrogen (secondary N) is 1. The molecule has 3 N–H and O–H groups in total. The minimum Gasteiger partial charge on any atom is -0.477 e. The number of aliphatic hydroxyl groups excluding tert-OH is 1. The molecule has 4 aliphatic heterocycles. The van der Waals surface area contributed by atoms with Crippen LogP contribution in [0.5, 0.6) is 0 Å². The van der Waals surface area contributed by atoms with Crippen molar-refractivity contribution in [2.24, 2.45) is 11.8 Å². The second-order valence-electron chi connectivity index (χ2n) is 9.04. The van der Waals surface area contributed by atoms with Crippen molar-refractivity contribution >= 4 is 29.5 Å². The minimum atomic E-state index is -1.09. The molecule has 3 saturated heterocycles. The summed E-state index contributed by atoms with van der Waals surface area (Å²) in [6.45, 7) is 8.49. The number of carboxylic acid groups (broad SMARTS) is 1. The number of carbonyl (C=O) groups is 3. The minimum absolute atomic E-state index is 0.0794. The first-order valence-corrected chi connectivity index (χ1v) is 11.8. The molecule has 2 unspecified atom stereocenters. The lowest BCUT2D eigenvalue weighted by Crippen LogP contribution is -2.65. The molecule has 0 bridgehead atoms. The second kappa shape index (κ2) is 7.53. The van der Waals surface area contributed by atoms with Crippen LogP contribution in [0.2, 0.25) is 0 Å². The van der Waals surface area contributed by atoms with Gasteiger partial charge in [-0.2, -0.15) is 0 Å². The van der Waals surface area contributed by atoms with Gasteiger partial charge in [-0.05, 0) is 26.2 Å². The summed E-state index contributed by atoms with van der Waals surface area (Å²) in [7, 11) is 0. The van der Waals surface area contributed by atoms with Crippen LogP contribution in [0.25, 0.3) is 0 Å². The van der Waals surface area contributed by atoms with Gasteiger partial charge in [0.1, 0.15) is 5.70 Å². The number of aliphatic hydroxyl groups is 1. The molecule has 0 saturated carbocycles. The maximum absolute atomic E-state index is 12.5. The first-order valence-electron chi connectivity index (χ1n) is 10.9. The molecule has 4 aliphatic rings. The zero-order valence-corrected chi connectivity index (χ0v) is 18.7. The van der Waals surface area contributed by atoms with Crippen LogP contribution in [0.3, 0.4) is 0 Å². The van der Waals surface area contributed by atoms with E-state index in [1.54, 1.807) is 18.7 Å². The molecule has 0 radical (unpaired) electrons. The van der Waals surface area contributed by atoms with E-state index in [0.717, 1.165) is 30.7 Å². The van der Waals surface area contributed by atoms with Gasteiger partial charge in [-0.3, -0.25) is 14.5 Å². The van der Waals surface area contributed by atoms with Crippen molar-refractivity contribution in [1.29, 1.82) is 0 Å². The van der Waals surface area contributed by atoms with Crippen LogP contribution >= 0.6 is 11.8 Å². The predicted octanol–water partition coefficient (Wildman–Crippen LogP) is 1.35. The molecule has 2 amide bonds. The summed E-state index contributed by atoms with van der Waals surface area (Å²) in [4.78, 5) is 41.4. The number of nitrogens with zero attached hydrogens (tertiary/aromatic N) is 2. The Bertz CT molecular complexity index is 808. The molecule has 0 aromatic rings. The van der Waals surface area contributed by atoms with Crippen molar-refractivity contribution < 1.29 is 24.6 Å². The molecule has 0 aromatic heterocycles. The largest absolute Gasteiger partial charge is 0.477 e. The number of carbonyl (C=O) groups excluding carboxylic acids is 2. The lowest BCUT2D eigenvalue weighted by molar-refractivity contribution is -0.163. The van der Waals surface area contributed by atoms with E-state index in [0.29, 0.717) is 6.42 Å². The van der Waals surface area contributed by atoms with E-state index in [4.69, 9.17) is 0 Å². The van der Waals surface area contributed by atoms with Crippen molar-refractivity contribution in [3.05, 3.63) is 10.6 Å². The molecule has 0 aliphatic carbocycles. The summed E-state index contributed by atoms with van der Waals surface area (Å²) in [6.07, 6.45) is 2.14. The van der Waals surface area contributed by atoms with Gasteiger partial charge in [0, 0.05) is 35.1 Å². The Morgan fingerprint density at radius 3 is 2.57 bits per heavy atom. The predicted molar refractivity (Wildman–Crippen MR) is 112 cm³/mol. The number of hydrogen-bond acceptors (Lipinski definition) is 6. The third-order valence-corrected chi connectivity index (χ3v) is 8.99. The van der Waals surface area contributed by atoms with Gasteiger partial charge in [0.05, 0.1) is 23.7 Å². The fourth-order valence-electron chi connectivity index (χ4n) is 5.96. The highest BCUT2D eigenvalue weighted by molar-refractivity contribution is 8.03. The Hall–Kier alpha value is -1.58. The molecule has 4 heterocycles.